The quantitative estimate of drug-likeness (QED) is 0.825. The van der Waals surface area contributed by atoms with Crippen LogP contribution >= 0.6 is 15.9 Å². The van der Waals surface area contributed by atoms with Gasteiger partial charge in [-0.25, -0.2) is 4.79 Å². The molecule has 2 N–H and O–H groups in total. The summed E-state index contributed by atoms with van der Waals surface area (Å²) in [5.41, 5.74) is 1.95. The lowest BCUT2D eigenvalue weighted by atomic mass is 10.1. The van der Waals surface area contributed by atoms with Gasteiger partial charge in [0, 0.05) is 29.3 Å². The zero-order valence-corrected chi connectivity index (χ0v) is 15.4. The van der Waals surface area contributed by atoms with Crippen LogP contribution in [0, 0.1) is 12.8 Å². The van der Waals surface area contributed by atoms with Gasteiger partial charge in [-0.3, -0.25) is 0 Å². The maximum Gasteiger partial charge on any atom is 0.319 e. The summed E-state index contributed by atoms with van der Waals surface area (Å²) in [7, 11) is 0. The minimum absolute atomic E-state index is 0.106. The van der Waals surface area contributed by atoms with Crippen LogP contribution in [0.3, 0.4) is 0 Å². The van der Waals surface area contributed by atoms with Crippen molar-refractivity contribution in [2.75, 3.05) is 25.0 Å². The molecule has 126 valence electrons. The van der Waals surface area contributed by atoms with Crippen LogP contribution in [0.25, 0.3) is 0 Å². The maximum atomic E-state index is 12.1. The Labute approximate surface area is 147 Å². The third-order valence-corrected chi connectivity index (χ3v) is 6.02. The molecule has 23 heavy (non-hydrogen) atoms. The van der Waals surface area contributed by atoms with Crippen LogP contribution in [0.4, 0.5) is 10.5 Å². The summed E-state index contributed by atoms with van der Waals surface area (Å²) in [5.74, 6) is 0.591. The molecule has 2 aliphatic rings. The van der Waals surface area contributed by atoms with Gasteiger partial charge in [0.1, 0.15) is 0 Å². The normalized spacial score (nSPS) is 22.4. The van der Waals surface area contributed by atoms with E-state index in [0.29, 0.717) is 5.92 Å². The van der Waals surface area contributed by atoms with Gasteiger partial charge >= 0.3 is 6.03 Å². The Morgan fingerprint density at radius 2 is 2.09 bits per heavy atom. The average Bonchev–Trinajstić information content (AvgIpc) is 3.19. The predicted octanol–water partition coefficient (Wildman–Crippen LogP) is 4.14. The van der Waals surface area contributed by atoms with Crippen molar-refractivity contribution in [3.63, 3.8) is 0 Å². The molecule has 5 heteroatoms. The first-order valence-corrected chi connectivity index (χ1v) is 9.46. The molecule has 0 bridgehead atoms. The summed E-state index contributed by atoms with van der Waals surface area (Å²) in [6.07, 6.45) is 6.71. The number of hydrogen-bond acceptors (Lipinski definition) is 2. The van der Waals surface area contributed by atoms with E-state index in [4.69, 9.17) is 0 Å². The summed E-state index contributed by atoms with van der Waals surface area (Å²) in [5, 5.41) is 5.95. The van der Waals surface area contributed by atoms with E-state index in [-0.39, 0.29) is 6.03 Å². The first-order chi connectivity index (χ1) is 11.1. The molecule has 0 spiro atoms. The van der Waals surface area contributed by atoms with Gasteiger partial charge in [0.25, 0.3) is 0 Å². The number of urea groups is 1. The Balaban J connectivity index is 1.41. The zero-order chi connectivity index (χ0) is 16.2. The molecule has 1 aromatic carbocycles. The average molecular weight is 380 g/mol. The lowest BCUT2D eigenvalue weighted by molar-refractivity contribution is 0.234. The van der Waals surface area contributed by atoms with Gasteiger partial charge in [-0.1, -0.05) is 28.8 Å². The molecule has 4 nitrogen and oxygen atoms in total. The van der Waals surface area contributed by atoms with E-state index in [9.17, 15) is 4.79 Å². The van der Waals surface area contributed by atoms with Crippen LogP contribution in [-0.2, 0) is 0 Å². The minimum Gasteiger partial charge on any atom is -0.338 e. The van der Waals surface area contributed by atoms with E-state index in [1.54, 1.807) is 0 Å². The number of carbonyl (C=O) groups excluding carboxylic acids is 1. The van der Waals surface area contributed by atoms with E-state index >= 15 is 0 Å². The molecule has 0 unspecified atom stereocenters. The van der Waals surface area contributed by atoms with E-state index in [1.807, 2.05) is 25.1 Å². The van der Waals surface area contributed by atoms with Crippen molar-refractivity contribution in [3.8, 4) is 0 Å². The third-order valence-electron chi connectivity index (χ3n) is 5.13. The third kappa shape index (κ3) is 4.48. The highest BCUT2D eigenvalue weighted by molar-refractivity contribution is 9.10. The molecule has 1 aliphatic carbocycles. The second kappa shape index (κ2) is 7.67. The molecular formula is C18H26BrN3O. The molecule has 1 aliphatic heterocycles. The van der Waals surface area contributed by atoms with Crippen LogP contribution in [-0.4, -0.2) is 36.6 Å². The van der Waals surface area contributed by atoms with Gasteiger partial charge in [0.15, 0.2) is 0 Å². The van der Waals surface area contributed by atoms with Crippen LogP contribution in [0.5, 0.6) is 0 Å². The van der Waals surface area contributed by atoms with Gasteiger partial charge in [0.2, 0.25) is 0 Å². The highest BCUT2D eigenvalue weighted by atomic mass is 79.9. The zero-order valence-electron chi connectivity index (χ0n) is 13.8. The van der Waals surface area contributed by atoms with Crippen molar-refractivity contribution in [1.29, 1.82) is 0 Å². The summed E-state index contributed by atoms with van der Waals surface area (Å²) in [6, 6.07) is 6.54. The molecular weight excluding hydrogens is 354 g/mol. The monoisotopic (exact) mass is 379 g/mol. The van der Waals surface area contributed by atoms with Crippen LogP contribution in [0.1, 0.15) is 37.7 Å². The second-order valence-electron chi connectivity index (χ2n) is 6.89. The Bertz CT molecular complexity index is 557. The van der Waals surface area contributed by atoms with Crippen molar-refractivity contribution < 1.29 is 4.79 Å². The van der Waals surface area contributed by atoms with Gasteiger partial charge in [0.05, 0.1) is 0 Å². The van der Waals surface area contributed by atoms with Crippen LogP contribution < -0.4 is 10.6 Å². The highest BCUT2D eigenvalue weighted by Crippen LogP contribution is 2.28. The molecule has 1 heterocycles. The Kier molecular flexibility index (Phi) is 5.59. The SMILES string of the molecule is Cc1cc(NC(=O)NC[C@H]2CCN(C3CCCC3)C2)ccc1Br. The fourth-order valence-electron chi connectivity index (χ4n) is 3.77. The Hall–Kier alpha value is -1.07. The van der Waals surface area contributed by atoms with Crippen molar-refractivity contribution in [1.82, 2.24) is 10.2 Å². The fraction of sp³-hybridized carbons (Fsp3) is 0.611. The van der Waals surface area contributed by atoms with E-state index < -0.39 is 0 Å². The maximum absolute atomic E-state index is 12.1. The van der Waals surface area contributed by atoms with E-state index in [0.717, 1.165) is 34.9 Å². The Morgan fingerprint density at radius 1 is 1.30 bits per heavy atom. The van der Waals surface area contributed by atoms with Crippen molar-refractivity contribution >= 4 is 27.6 Å². The standard InChI is InChI=1S/C18H26BrN3O/c1-13-10-15(6-7-17(13)19)21-18(23)20-11-14-8-9-22(12-14)16-4-2-3-5-16/h6-7,10,14,16H,2-5,8-9,11-12H2,1H3,(H2,20,21,23)/t14-/m1/s1. The number of anilines is 1. The summed E-state index contributed by atoms with van der Waals surface area (Å²) in [6.45, 7) is 5.13. The fourth-order valence-corrected chi connectivity index (χ4v) is 4.01. The molecule has 1 saturated carbocycles. The number of carbonyl (C=O) groups is 1. The lowest BCUT2D eigenvalue weighted by Gasteiger charge is -2.23. The number of rotatable bonds is 4. The lowest BCUT2D eigenvalue weighted by Crippen LogP contribution is -2.35. The number of benzene rings is 1. The van der Waals surface area contributed by atoms with Gasteiger partial charge in [-0.15, -0.1) is 0 Å². The molecule has 1 atom stereocenters. The Morgan fingerprint density at radius 3 is 2.83 bits per heavy atom. The number of halogens is 1. The molecule has 1 saturated heterocycles. The van der Waals surface area contributed by atoms with Gasteiger partial charge in [-0.2, -0.15) is 0 Å². The van der Waals surface area contributed by atoms with Crippen molar-refractivity contribution in [3.05, 3.63) is 28.2 Å². The summed E-state index contributed by atoms with van der Waals surface area (Å²) < 4.78 is 1.06. The number of aryl methyl sites for hydroxylation is 1. The molecule has 1 aromatic rings. The van der Waals surface area contributed by atoms with E-state index in [2.05, 4.69) is 31.5 Å². The van der Waals surface area contributed by atoms with Gasteiger partial charge in [-0.05, 0) is 62.4 Å². The largest absolute Gasteiger partial charge is 0.338 e. The number of hydrogen-bond donors (Lipinski definition) is 2. The topological polar surface area (TPSA) is 44.4 Å². The van der Waals surface area contributed by atoms with E-state index in [1.165, 1.54) is 38.6 Å². The highest BCUT2D eigenvalue weighted by Gasteiger charge is 2.29. The molecule has 2 amide bonds. The minimum atomic E-state index is -0.106. The van der Waals surface area contributed by atoms with Crippen molar-refractivity contribution in [2.24, 2.45) is 5.92 Å². The molecule has 2 fully saturated rings. The number of nitrogens with zero attached hydrogens (tertiary/aromatic N) is 1. The smallest absolute Gasteiger partial charge is 0.319 e. The summed E-state index contributed by atoms with van der Waals surface area (Å²) in [4.78, 5) is 14.7. The first kappa shape index (κ1) is 16.8. The second-order valence-corrected chi connectivity index (χ2v) is 7.74. The van der Waals surface area contributed by atoms with Crippen LogP contribution in [0.2, 0.25) is 0 Å². The molecule has 0 aromatic heterocycles. The number of nitrogens with one attached hydrogen (secondary N) is 2. The van der Waals surface area contributed by atoms with Gasteiger partial charge < -0.3 is 15.5 Å². The van der Waals surface area contributed by atoms with Crippen LogP contribution in [0.15, 0.2) is 22.7 Å². The number of likely N-dealkylation sites (tertiary alicyclic amines) is 1. The predicted molar refractivity (Wildman–Crippen MR) is 97.8 cm³/mol. The summed E-state index contributed by atoms with van der Waals surface area (Å²) >= 11 is 3.47. The molecule has 3 rings (SSSR count). The molecule has 0 radical (unpaired) electrons. The number of amides is 2. The first-order valence-electron chi connectivity index (χ1n) is 8.67. The van der Waals surface area contributed by atoms with Crippen molar-refractivity contribution in [2.45, 2.75) is 45.1 Å².